The number of amidine groups is 2. The Labute approximate surface area is 306 Å². The van der Waals surface area contributed by atoms with E-state index >= 15 is 17.6 Å². The number of benzene rings is 4. The third kappa shape index (κ3) is 4.65. The first kappa shape index (κ1) is 32.0. The predicted octanol–water partition coefficient (Wildman–Crippen LogP) is 7.48. The van der Waals surface area contributed by atoms with Crippen LogP contribution in [-0.4, -0.2) is 64.7 Å². The summed E-state index contributed by atoms with van der Waals surface area (Å²) in [7, 11) is 0. The molecule has 1 saturated carbocycles. The summed E-state index contributed by atoms with van der Waals surface area (Å²) in [5.74, 6) is -1.36. The number of hydrogen-bond donors (Lipinski definition) is 2. The van der Waals surface area contributed by atoms with Crippen molar-refractivity contribution in [3.8, 4) is 0 Å². The van der Waals surface area contributed by atoms with Crippen LogP contribution in [0.4, 0.5) is 17.6 Å². The molecule has 268 valence electrons. The summed E-state index contributed by atoms with van der Waals surface area (Å²) in [5.41, 5.74) is 2.20. The maximum absolute atomic E-state index is 15.8. The van der Waals surface area contributed by atoms with E-state index in [1.165, 1.54) is 47.5 Å². The molecule has 0 radical (unpaired) electrons. The fourth-order valence-corrected chi connectivity index (χ4v) is 12.1. The molecule has 4 saturated heterocycles. The van der Waals surface area contributed by atoms with Crippen molar-refractivity contribution in [3.63, 3.8) is 0 Å². The molecule has 11 rings (SSSR count). The number of nitrogens with one attached hydrogen (secondary N) is 2. The molecule has 0 spiro atoms. The van der Waals surface area contributed by atoms with Crippen molar-refractivity contribution in [2.75, 3.05) is 0 Å². The standard InChI is InChI=1S/C42H39BF4N6/c44-26-14-7-15-27(45)34(26)41-50-39-37-24(20-30(48-39)22-10-3-1-4-11-22)43-25-21-31(23-12-5-2-6-13-23)49-40-38(25)53(33-19-9-18-32(36(33)43)52(37)41)42(51-40)35-28(46)16-8-17-29(35)47/h1-8,10-17,24-25,30-33,36-40,48-49H,9,18-21H2. The summed E-state index contributed by atoms with van der Waals surface area (Å²) in [5, 5.41) is 7.69. The highest BCUT2D eigenvalue weighted by molar-refractivity contribution is 6.65. The lowest BCUT2D eigenvalue weighted by Gasteiger charge is -2.66. The zero-order chi connectivity index (χ0) is 35.5. The van der Waals surface area contributed by atoms with Crippen LogP contribution in [0.1, 0.15) is 66.4 Å². The third-order valence-corrected chi connectivity index (χ3v) is 13.8. The second kappa shape index (κ2) is 12.0. The highest BCUT2D eigenvalue weighted by Crippen LogP contribution is 2.63. The van der Waals surface area contributed by atoms with Crippen molar-refractivity contribution in [2.45, 2.75) is 98.1 Å². The Balaban J connectivity index is 1.10. The molecule has 1 aliphatic carbocycles. The number of hydrogen-bond acceptors (Lipinski definition) is 6. The van der Waals surface area contributed by atoms with E-state index in [2.05, 4.69) is 69.0 Å². The molecule has 53 heavy (non-hydrogen) atoms. The van der Waals surface area contributed by atoms with Crippen LogP contribution in [0.15, 0.2) is 107 Å². The zero-order valence-corrected chi connectivity index (χ0v) is 29.0. The van der Waals surface area contributed by atoms with Crippen molar-refractivity contribution >= 4 is 18.4 Å². The van der Waals surface area contributed by atoms with Gasteiger partial charge < -0.3 is 9.80 Å². The molecule has 0 aromatic heterocycles. The van der Waals surface area contributed by atoms with Crippen LogP contribution in [0, 0.1) is 23.3 Å². The van der Waals surface area contributed by atoms with Gasteiger partial charge in [0.1, 0.15) is 47.3 Å². The normalized spacial score (nSPS) is 34.9. The SMILES string of the molecule is Fc1cccc(F)c1C1=NC2NC(c3ccccc3)CC3B4C5CC(c6ccccc6)NC6N=C(c7c(F)cccc7F)N(C7CCCC(C47)N1C23)C65. The lowest BCUT2D eigenvalue weighted by Crippen LogP contribution is -2.75. The summed E-state index contributed by atoms with van der Waals surface area (Å²) in [6, 6.07) is 28.6. The van der Waals surface area contributed by atoms with Gasteiger partial charge in [0.05, 0.1) is 23.2 Å². The van der Waals surface area contributed by atoms with Crippen molar-refractivity contribution in [2.24, 2.45) is 9.98 Å². The van der Waals surface area contributed by atoms with Crippen molar-refractivity contribution in [1.82, 2.24) is 20.4 Å². The van der Waals surface area contributed by atoms with Crippen molar-refractivity contribution in [3.05, 3.63) is 143 Å². The van der Waals surface area contributed by atoms with Crippen LogP contribution < -0.4 is 10.6 Å². The monoisotopic (exact) mass is 714 g/mol. The Morgan fingerprint density at radius 2 is 0.962 bits per heavy atom. The molecular weight excluding hydrogens is 675 g/mol. The predicted molar refractivity (Wildman–Crippen MR) is 197 cm³/mol. The number of nitrogens with zero attached hydrogens (tertiary/aromatic N) is 4. The molecule has 5 fully saturated rings. The Morgan fingerprint density at radius 1 is 0.547 bits per heavy atom. The van der Waals surface area contributed by atoms with E-state index in [1.807, 2.05) is 12.1 Å². The molecule has 6 heterocycles. The molecule has 11 heteroatoms. The lowest BCUT2D eigenvalue weighted by atomic mass is 9.19. The lowest BCUT2D eigenvalue weighted by molar-refractivity contribution is 0.0473. The summed E-state index contributed by atoms with van der Waals surface area (Å²) >= 11 is 0. The van der Waals surface area contributed by atoms with Gasteiger partial charge in [-0.2, -0.15) is 0 Å². The van der Waals surface area contributed by atoms with Gasteiger partial charge in [0.15, 0.2) is 6.71 Å². The van der Waals surface area contributed by atoms with Gasteiger partial charge in [-0.15, -0.1) is 0 Å². The van der Waals surface area contributed by atoms with Crippen LogP contribution in [0.3, 0.4) is 0 Å². The van der Waals surface area contributed by atoms with Crippen molar-refractivity contribution in [1.29, 1.82) is 0 Å². The number of fused-ring (bicyclic) bond motifs is 4. The maximum atomic E-state index is 15.8. The summed E-state index contributed by atoms with van der Waals surface area (Å²) in [6.45, 7) is 0.236. The number of piperidine rings is 2. The largest absolute Gasteiger partial charge is 0.347 e. The minimum absolute atomic E-state index is 0.000167. The highest BCUT2D eigenvalue weighted by Gasteiger charge is 2.69. The number of halogens is 4. The minimum atomic E-state index is -0.618. The van der Waals surface area contributed by atoms with Gasteiger partial charge in [0.2, 0.25) is 0 Å². The molecule has 0 amide bonds. The van der Waals surface area contributed by atoms with Crippen LogP contribution in [-0.2, 0) is 0 Å². The topological polar surface area (TPSA) is 55.3 Å². The van der Waals surface area contributed by atoms with Gasteiger partial charge in [-0.25, -0.2) is 27.5 Å². The van der Waals surface area contributed by atoms with Gasteiger partial charge in [-0.1, -0.05) is 72.8 Å². The fourth-order valence-electron chi connectivity index (χ4n) is 12.1. The highest BCUT2D eigenvalue weighted by atomic mass is 19.1. The van der Waals surface area contributed by atoms with Crippen LogP contribution in [0.5, 0.6) is 0 Å². The summed E-state index contributed by atoms with van der Waals surface area (Å²) in [4.78, 5) is 15.0. The molecule has 0 bridgehead atoms. The van der Waals surface area contributed by atoms with Gasteiger partial charge >= 0.3 is 0 Å². The molecule has 4 aromatic carbocycles. The van der Waals surface area contributed by atoms with E-state index in [1.54, 1.807) is 0 Å². The first-order chi connectivity index (χ1) is 26.0. The Hall–Kier alpha value is -4.48. The van der Waals surface area contributed by atoms with Crippen LogP contribution in [0.2, 0.25) is 17.5 Å². The number of aliphatic imine (C=N–C) groups is 2. The van der Waals surface area contributed by atoms with E-state index < -0.39 is 23.3 Å². The molecule has 6 nitrogen and oxygen atoms in total. The first-order valence-electron chi connectivity index (χ1n) is 19.2. The average molecular weight is 715 g/mol. The van der Waals surface area contributed by atoms with E-state index in [4.69, 9.17) is 9.98 Å². The van der Waals surface area contributed by atoms with E-state index in [0.717, 1.165) is 32.1 Å². The van der Waals surface area contributed by atoms with Crippen molar-refractivity contribution < 1.29 is 17.6 Å². The first-order valence-corrected chi connectivity index (χ1v) is 19.2. The smallest absolute Gasteiger partial charge is 0.159 e. The van der Waals surface area contributed by atoms with E-state index in [9.17, 15) is 0 Å². The molecule has 7 aliphatic rings. The average Bonchev–Trinajstić information content (AvgIpc) is 3.75. The quantitative estimate of drug-likeness (QED) is 0.170. The molecule has 2 N–H and O–H groups in total. The van der Waals surface area contributed by atoms with E-state index in [0.29, 0.717) is 11.7 Å². The van der Waals surface area contributed by atoms with Gasteiger partial charge in [0.25, 0.3) is 0 Å². The summed E-state index contributed by atoms with van der Waals surface area (Å²) in [6.07, 6.45) is 3.56. The molecule has 10 atom stereocenters. The zero-order valence-electron chi connectivity index (χ0n) is 29.0. The molecule has 10 unspecified atom stereocenters. The fraction of sp³-hybridized carbons (Fsp3) is 0.381. The molecular formula is C42H39BF4N6. The molecule has 6 aliphatic heterocycles. The minimum Gasteiger partial charge on any atom is -0.347 e. The van der Waals surface area contributed by atoms with Gasteiger partial charge in [-0.05, 0) is 84.9 Å². The summed E-state index contributed by atoms with van der Waals surface area (Å²) < 4.78 is 63.2. The second-order valence-corrected chi connectivity index (χ2v) is 16.1. The Kier molecular flexibility index (Phi) is 7.25. The van der Waals surface area contributed by atoms with E-state index in [-0.39, 0.29) is 83.9 Å². The van der Waals surface area contributed by atoms with Gasteiger partial charge in [-0.3, -0.25) is 10.6 Å². The Bertz CT molecular complexity index is 1960. The van der Waals surface area contributed by atoms with Crippen LogP contribution in [0.25, 0.3) is 0 Å². The second-order valence-electron chi connectivity index (χ2n) is 16.1. The number of rotatable bonds is 4. The van der Waals surface area contributed by atoms with Gasteiger partial charge in [0, 0.05) is 24.2 Å². The maximum Gasteiger partial charge on any atom is 0.159 e. The Morgan fingerprint density at radius 3 is 1.38 bits per heavy atom. The molecule has 4 aromatic rings. The third-order valence-electron chi connectivity index (χ3n) is 13.8. The van der Waals surface area contributed by atoms with Crippen LogP contribution >= 0.6 is 0 Å².